The SMILES string of the molecule is CCc1nc2c(n1C13CC4CC(CC(C4)C1)C3)CCNC2. The molecule has 6 rings (SSSR count). The van der Waals surface area contributed by atoms with Crippen LogP contribution in [0.5, 0.6) is 0 Å². The van der Waals surface area contributed by atoms with E-state index in [0.717, 1.165) is 37.3 Å². The van der Waals surface area contributed by atoms with Crippen molar-refractivity contribution in [2.24, 2.45) is 17.8 Å². The van der Waals surface area contributed by atoms with Crippen LogP contribution in [-0.4, -0.2) is 16.1 Å². The second kappa shape index (κ2) is 4.34. The van der Waals surface area contributed by atoms with Crippen molar-refractivity contribution in [3.63, 3.8) is 0 Å². The molecule has 114 valence electrons. The van der Waals surface area contributed by atoms with Crippen LogP contribution in [0.2, 0.25) is 0 Å². The maximum atomic E-state index is 5.03. The Bertz CT molecular complexity index is 536. The molecule has 4 aliphatic carbocycles. The lowest BCUT2D eigenvalue weighted by Crippen LogP contribution is -2.53. The standard InChI is InChI=1S/C18H27N3/c1-2-17-20-15-11-19-4-3-16(15)21(17)18-8-12-5-13(9-18)7-14(6-12)10-18/h12-14,19H,2-11H2,1H3. The van der Waals surface area contributed by atoms with E-state index in [1.165, 1.54) is 56.5 Å². The molecular weight excluding hydrogens is 258 g/mol. The molecular formula is C18H27N3. The fraction of sp³-hybridized carbons (Fsp3) is 0.833. The summed E-state index contributed by atoms with van der Waals surface area (Å²) in [6.07, 6.45) is 11.2. The number of nitrogens with zero attached hydrogens (tertiary/aromatic N) is 2. The summed E-state index contributed by atoms with van der Waals surface area (Å²) in [5.41, 5.74) is 3.40. The van der Waals surface area contributed by atoms with E-state index < -0.39 is 0 Å². The molecule has 0 radical (unpaired) electrons. The van der Waals surface area contributed by atoms with E-state index in [9.17, 15) is 0 Å². The fourth-order valence-corrected chi connectivity index (χ4v) is 6.50. The van der Waals surface area contributed by atoms with Gasteiger partial charge in [0.25, 0.3) is 0 Å². The smallest absolute Gasteiger partial charge is 0.109 e. The number of rotatable bonds is 2. The van der Waals surface area contributed by atoms with Crippen LogP contribution in [0.15, 0.2) is 0 Å². The van der Waals surface area contributed by atoms with E-state index in [1.54, 1.807) is 5.69 Å². The van der Waals surface area contributed by atoms with Crippen LogP contribution in [0, 0.1) is 17.8 Å². The molecule has 3 heteroatoms. The fourth-order valence-electron chi connectivity index (χ4n) is 6.50. The van der Waals surface area contributed by atoms with Gasteiger partial charge < -0.3 is 9.88 Å². The first-order valence-electron chi connectivity index (χ1n) is 9.08. The molecule has 1 N–H and O–H groups in total. The van der Waals surface area contributed by atoms with Crippen LogP contribution < -0.4 is 5.32 Å². The first kappa shape index (κ1) is 12.7. The van der Waals surface area contributed by atoms with Gasteiger partial charge in [-0.25, -0.2) is 4.98 Å². The molecule has 0 amide bonds. The second-order valence-corrected chi connectivity index (χ2v) is 8.18. The predicted molar refractivity (Wildman–Crippen MR) is 83.2 cm³/mol. The summed E-state index contributed by atoms with van der Waals surface area (Å²) < 4.78 is 2.79. The molecule has 0 spiro atoms. The molecule has 2 heterocycles. The van der Waals surface area contributed by atoms with Crippen molar-refractivity contribution >= 4 is 0 Å². The first-order chi connectivity index (χ1) is 10.3. The molecule has 1 aromatic heterocycles. The van der Waals surface area contributed by atoms with Gasteiger partial charge in [0.1, 0.15) is 5.82 Å². The molecule has 0 unspecified atom stereocenters. The van der Waals surface area contributed by atoms with Crippen LogP contribution in [0.25, 0.3) is 0 Å². The summed E-state index contributed by atoms with van der Waals surface area (Å²) in [7, 11) is 0. The number of nitrogens with one attached hydrogen (secondary N) is 1. The van der Waals surface area contributed by atoms with Crippen LogP contribution >= 0.6 is 0 Å². The molecule has 0 atom stereocenters. The van der Waals surface area contributed by atoms with E-state index in [-0.39, 0.29) is 0 Å². The lowest BCUT2D eigenvalue weighted by Gasteiger charge is -2.58. The van der Waals surface area contributed by atoms with Crippen molar-refractivity contribution in [2.45, 2.75) is 70.4 Å². The minimum atomic E-state index is 0.456. The topological polar surface area (TPSA) is 29.9 Å². The van der Waals surface area contributed by atoms with Crippen molar-refractivity contribution < 1.29 is 0 Å². The van der Waals surface area contributed by atoms with Crippen LogP contribution in [-0.2, 0) is 24.9 Å². The number of hydrogen-bond acceptors (Lipinski definition) is 2. The molecule has 0 saturated heterocycles. The monoisotopic (exact) mass is 285 g/mol. The van der Waals surface area contributed by atoms with E-state index in [1.807, 2.05) is 0 Å². The summed E-state index contributed by atoms with van der Waals surface area (Å²) in [4.78, 5) is 5.03. The van der Waals surface area contributed by atoms with Crippen molar-refractivity contribution in [3.05, 3.63) is 17.2 Å². The molecule has 1 aromatic rings. The molecule has 4 fully saturated rings. The average Bonchev–Trinajstić information content (AvgIpc) is 2.85. The summed E-state index contributed by atoms with van der Waals surface area (Å²) in [5.74, 6) is 4.42. The average molecular weight is 285 g/mol. The highest BCUT2D eigenvalue weighted by atomic mass is 15.2. The number of imidazole rings is 1. The van der Waals surface area contributed by atoms with Gasteiger partial charge >= 0.3 is 0 Å². The zero-order valence-corrected chi connectivity index (χ0v) is 13.2. The van der Waals surface area contributed by atoms with Gasteiger partial charge in [-0.3, -0.25) is 0 Å². The van der Waals surface area contributed by atoms with Gasteiger partial charge in [0.2, 0.25) is 0 Å². The summed E-state index contributed by atoms with van der Waals surface area (Å²) in [5, 5.41) is 3.50. The summed E-state index contributed by atoms with van der Waals surface area (Å²) in [6, 6.07) is 0. The molecule has 4 bridgehead atoms. The Morgan fingerprint density at radius 1 is 1.14 bits per heavy atom. The second-order valence-electron chi connectivity index (χ2n) is 8.18. The normalized spacial score (nSPS) is 40.5. The van der Waals surface area contributed by atoms with E-state index in [0.29, 0.717) is 5.54 Å². The third kappa shape index (κ3) is 1.73. The molecule has 1 aliphatic heterocycles. The van der Waals surface area contributed by atoms with Gasteiger partial charge in [0.05, 0.1) is 5.69 Å². The van der Waals surface area contributed by atoms with Gasteiger partial charge in [-0.2, -0.15) is 0 Å². The predicted octanol–water partition coefficient (Wildman–Crippen LogP) is 3.02. The van der Waals surface area contributed by atoms with Crippen molar-refractivity contribution in [1.29, 1.82) is 0 Å². The zero-order valence-electron chi connectivity index (χ0n) is 13.2. The maximum absolute atomic E-state index is 5.03. The van der Waals surface area contributed by atoms with E-state index in [4.69, 9.17) is 4.98 Å². The van der Waals surface area contributed by atoms with Gasteiger partial charge in [-0.15, -0.1) is 0 Å². The highest BCUT2D eigenvalue weighted by Gasteiger charge is 2.53. The highest BCUT2D eigenvalue weighted by molar-refractivity contribution is 5.25. The first-order valence-corrected chi connectivity index (χ1v) is 9.08. The Kier molecular flexibility index (Phi) is 2.62. The van der Waals surface area contributed by atoms with Crippen molar-refractivity contribution in [2.75, 3.05) is 6.54 Å². The lowest BCUT2D eigenvalue weighted by atomic mass is 9.52. The Morgan fingerprint density at radius 3 is 2.43 bits per heavy atom. The lowest BCUT2D eigenvalue weighted by molar-refractivity contribution is -0.0457. The Hall–Kier alpha value is -0.830. The van der Waals surface area contributed by atoms with E-state index >= 15 is 0 Å². The summed E-state index contributed by atoms with van der Waals surface area (Å²) in [6.45, 7) is 4.41. The van der Waals surface area contributed by atoms with Gasteiger partial charge in [0, 0.05) is 37.2 Å². The molecule has 3 nitrogen and oxygen atoms in total. The van der Waals surface area contributed by atoms with Crippen LogP contribution in [0.3, 0.4) is 0 Å². The molecule has 5 aliphatic rings. The molecule has 21 heavy (non-hydrogen) atoms. The molecule has 0 aromatic carbocycles. The quantitative estimate of drug-likeness (QED) is 0.905. The third-order valence-corrected chi connectivity index (χ3v) is 6.75. The zero-order chi connectivity index (χ0) is 14.0. The van der Waals surface area contributed by atoms with Crippen molar-refractivity contribution in [3.8, 4) is 0 Å². The maximum Gasteiger partial charge on any atom is 0.109 e. The van der Waals surface area contributed by atoms with Gasteiger partial charge in [0.15, 0.2) is 0 Å². The highest BCUT2D eigenvalue weighted by Crippen LogP contribution is 2.59. The largest absolute Gasteiger partial charge is 0.326 e. The minimum absolute atomic E-state index is 0.456. The number of fused-ring (bicyclic) bond motifs is 1. The van der Waals surface area contributed by atoms with E-state index in [2.05, 4.69) is 16.8 Å². The van der Waals surface area contributed by atoms with Gasteiger partial charge in [-0.1, -0.05) is 6.92 Å². The Labute approximate surface area is 127 Å². The van der Waals surface area contributed by atoms with Crippen LogP contribution in [0.4, 0.5) is 0 Å². The number of hydrogen-bond donors (Lipinski definition) is 1. The third-order valence-electron chi connectivity index (χ3n) is 6.75. The summed E-state index contributed by atoms with van der Waals surface area (Å²) >= 11 is 0. The van der Waals surface area contributed by atoms with Crippen LogP contribution in [0.1, 0.15) is 62.7 Å². The minimum Gasteiger partial charge on any atom is -0.326 e. The Morgan fingerprint density at radius 2 is 1.81 bits per heavy atom. The van der Waals surface area contributed by atoms with Gasteiger partial charge in [-0.05, 0) is 56.3 Å². The Balaban J connectivity index is 1.65. The molecule has 4 saturated carbocycles. The number of aryl methyl sites for hydroxylation is 1. The number of aromatic nitrogens is 2. The van der Waals surface area contributed by atoms with Crippen molar-refractivity contribution in [1.82, 2.24) is 14.9 Å².